The fraction of sp³-hybridized carbons (Fsp3) is 0.261. The van der Waals surface area contributed by atoms with E-state index in [0.29, 0.717) is 23.9 Å². The first kappa shape index (κ1) is 20.3. The number of aromatic nitrogens is 2. The van der Waals surface area contributed by atoms with Crippen LogP contribution in [0.25, 0.3) is 11.1 Å². The van der Waals surface area contributed by atoms with Crippen LogP contribution >= 0.6 is 11.6 Å². The number of benzene rings is 1. The van der Waals surface area contributed by atoms with Crippen LogP contribution in [0.2, 0.25) is 5.02 Å². The van der Waals surface area contributed by atoms with Gasteiger partial charge < -0.3 is 16.0 Å². The topological polar surface area (TPSA) is 78.9 Å². The van der Waals surface area contributed by atoms with Gasteiger partial charge >= 0.3 is 0 Å². The molecule has 1 aliphatic rings. The van der Waals surface area contributed by atoms with Gasteiger partial charge in [0.15, 0.2) is 0 Å². The lowest BCUT2D eigenvalue weighted by Gasteiger charge is -2.21. The quantitative estimate of drug-likeness (QED) is 0.551. The molecule has 0 spiro atoms. The zero-order chi connectivity index (χ0) is 20.8. The lowest BCUT2D eigenvalue weighted by atomic mass is 9.99. The van der Waals surface area contributed by atoms with Crippen molar-refractivity contribution in [2.75, 3.05) is 23.7 Å². The Labute approximate surface area is 181 Å². The molecule has 3 heterocycles. The van der Waals surface area contributed by atoms with Crippen LogP contribution in [0.15, 0.2) is 61.1 Å². The Balaban J connectivity index is 1.49. The monoisotopic (exact) mass is 421 g/mol. The molecule has 1 unspecified atom stereocenters. The number of anilines is 2. The number of nitrogens with zero attached hydrogens (tertiary/aromatic N) is 2. The summed E-state index contributed by atoms with van der Waals surface area (Å²) >= 11 is 6.43. The van der Waals surface area contributed by atoms with E-state index in [9.17, 15) is 4.79 Å². The number of rotatable bonds is 6. The third-order valence-electron chi connectivity index (χ3n) is 5.19. The summed E-state index contributed by atoms with van der Waals surface area (Å²) in [5, 5.41) is 10.2. The van der Waals surface area contributed by atoms with Crippen LogP contribution in [0.3, 0.4) is 0 Å². The molecule has 1 aromatic carbocycles. The van der Waals surface area contributed by atoms with Gasteiger partial charge in [-0.2, -0.15) is 0 Å². The highest BCUT2D eigenvalue weighted by Gasteiger charge is 2.21. The maximum atomic E-state index is 12.5. The van der Waals surface area contributed by atoms with Gasteiger partial charge in [0.2, 0.25) is 5.91 Å². The fourth-order valence-electron chi connectivity index (χ4n) is 3.53. The minimum Gasteiger partial charge on any atom is -0.381 e. The summed E-state index contributed by atoms with van der Waals surface area (Å²) in [4.78, 5) is 20.9. The van der Waals surface area contributed by atoms with E-state index in [4.69, 9.17) is 11.6 Å². The number of piperidine rings is 1. The second kappa shape index (κ2) is 9.69. The smallest absolute Gasteiger partial charge is 0.229 e. The van der Waals surface area contributed by atoms with E-state index in [-0.39, 0.29) is 11.8 Å². The van der Waals surface area contributed by atoms with Gasteiger partial charge in [-0.15, -0.1) is 0 Å². The molecule has 1 saturated heterocycles. The SMILES string of the molecule is O=C(Nc1cc(-c2cccc(NCc3ccncc3)c2)c(Cl)cn1)C1CCCNC1. The number of carbonyl (C=O) groups excluding carboxylic acids is 1. The van der Waals surface area contributed by atoms with Gasteiger partial charge in [-0.3, -0.25) is 9.78 Å². The van der Waals surface area contributed by atoms with Crippen LogP contribution in [0.4, 0.5) is 11.5 Å². The van der Waals surface area contributed by atoms with Crippen molar-refractivity contribution in [2.45, 2.75) is 19.4 Å². The first-order chi connectivity index (χ1) is 14.7. The number of hydrogen-bond acceptors (Lipinski definition) is 5. The van der Waals surface area contributed by atoms with Gasteiger partial charge in [0.1, 0.15) is 5.82 Å². The molecule has 0 bridgehead atoms. The lowest BCUT2D eigenvalue weighted by molar-refractivity contribution is -0.120. The van der Waals surface area contributed by atoms with Crippen molar-refractivity contribution >= 4 is 29.0 Å². The maximum Gasteiger partial charge on any atom is 0.229 e. The summed E-state index contributed by atoms with van der Waals surface area (Å²) < 4.78 is 0. The molecule has 4 rings (SSSR count). The number of hydrogen-bond donors (Lipinski definition) is 3. The molecule has 3 N–H and O–H groups in total. The molecular weight excluding hydrogens is 398 g/mol. The zero-order valence-corrected chi connectivity index (χ0v) is 17.3. The summed E-state index contributed by atoms with van der Waals surface area (Å²) in [7, 11) is 0. The number of amides is 1. The second-order valence-corrected chi connectivity index (χ2v) is 7.78. The van der Waals surface area contributed by atoms with Crippen LogP contribution in [-0.2, 0) is 11.3 Å². The summed E-state index contributed by atoms with van der Waals surface area (Å²) in [6.07, 6.45) is 7.05. The van der Waals surface area contributed by atoms with E-state index in [2.05, 4.69) is 25.9 Å². The maximum absolute atomic E-state index is 12.5. The van der Waals surface area contributed by atoms with Gasteiger partial charge in [0.05, 0.1) is 10.9 Å². The third kappa shape index (κ3) is 5.14. The molecule has 1 aliphatic heterocycles. The number of carbonyl (C=O) groups is 1. The Hall–Kier alpha value is -2.96. The van der Waals surface area contributed by atoms with E-state index in [1.54, 1.807) is 18.6 Å². The standard InChI is InChI=1S/C23H24ClN5O/c24-21-15-28-22(29-23(30)18-4-2-8-26-14-18)12-20(21)17-3-1-5-19(11-17)27-13-16-6-9-25-10-7-16/h1,3,5-7,9-12,15,18,26-27H,2,4,8,13-14H2,(H,28,29,30). The highest BCUT2D eigenvalue weighted by atomic mass is 35.5. The molecular formula is C23H24ClN5O. The van der Waals surface area contributed by atoms with Crippen LogP contribution in [-0.4, -0.2) is 29.0 Å². The Kier molecular flexibility index (Phi) is 6.57. The van der Waals surface area contributed by atoms with Crippen molar-refractivity contribution in [2.24, 2.45) is 5.92 Å². The average molecular weight is 422 g/mol. The Bertz CT molecular complexity index is 1010. The summed E-state index contributed by atoms with van der Waals surface area (Å²) in [5.41, 5.74) is 3.92. The molecule has 2 aromatic heterocycles. The molecule has 1 atom stereocenters. The number of halogens is 1. The highest BCUT2D eigenvalue weighted by molar-refractivity contribution is 6.33. The molecule has 0 radical (unpaired) electrons. The molecule has 7 heteroatoms. The predicted octanol–water partition coefficient (Wildman–Crippen LogP) is 4.35. The normalized spacial score (nSPS) is 16.1. The van der Waals surface area contributed by atoms with Gasteiger partial charge in [-0.1, -0.05) is 23.7 Å². The highest BCUT2D eigenvalue weighted by Crippen LogP contribution is 2.31. The Morgan fingerprint density at radius 3 is 2.87 bits per heavy atom. The van der Waals surface area contributed by atoms with Crippen LogP contribution in [0.1, 0.15) is 18.4 Å². The van der Waals surface area contributed by atoms with Crippen molar-refractivity contribution in [3.05, 3.63) is 71.6 Å². The van der Waals surface area contributed by atoms with Crippen LogP contribution in [0.5, 0.6) is 0 Å². The van der Waals surface area contributed by atoms with E-state index < -0.39 is 0 Å². The van der Waals surface area contributed by atoms with E-state index in [1.807, 2.05) is 42.5 Å². The van der Waals surface area contributed by atoms with Crippen LogP contribution < -0.4 is 16.0 Å². The van der Waals surface area contributed by atoms with E-state index in [0.717, 1.165) is 41.8 Å². The van der Waals surface area contributed by atoms with Gasteiger partial charge in [-0.05, 0) is 60.8 Å². The molecule has 0 saturated carbocycles. The molecule has 3 aromatic rings. The molecule has 30 heavy (non-hydrogen) atoms. The molecule has 1 fully saturated rings. The van der Waals surface area contributed by atoms with Crippen molar-refractivity contribution < 1.29 is 4.79 Å². The lowest BCUT2D eigenvalue weighted by Crippen LogP contribution is -2.37. The Morgan fingerprint density at radius 2 is 2.07 bits per heavy atom. The van der Waals surface area contributed by atoms with Crippen molar-refractivity contribution in [1.29, 1.82) is 0 Å². The van der Waals surface area contributed by atoms with Gasteiger partial charge in [0, 0.05) is 42.9 Å². The van der Waals surface area contributed by atoms with Crippen molar-refractivity contribution in [3.63, 3.8) is 0 Å². The minimum absolute atomic E-state index is 0.00394. The number of nitrogens with one attached hydrogen (secondary N) is 3. The van der Waals surface area contributed by atoms with Crippen molar-refractivity contribution in [3.8, 4) is 11.1 Å². The second-order valence-electron chi connectivity index (χ2n) is 7.37. The summed E-state index contributed by atoms with van der Waals surface area (Å²) in [6.45, 7) is 2.38. The zero-order valence-electron chi connectivity index (χ0n) is 16.6. The predicted molar refractivity (Wildman–Crippen MR) is 120 cm³/mol. The minimum atomic E-state index is -0.0274. The third-order valence-corrected chi connectivity index (χ3v) is 5.50. The van der Waals surface area contributed by atoms with Gasteiger partial charge in [0.25, 0.3) is 0 Å². The first-order valence-corrected chi connectivity index (χ1v) is 10.5. The fourth-order valence-corrected chi connectivity index (χ4v) is 3.75. The molecule has 154 valence electrons. The largest absolute Gasteiger partial charge is 0.381 e. The molecule has 6 nitrogen and oxygen atoms in total. The molecule has 1 amide bonds. The number of pyridine rings is 2. The van der Waals surface area contributed by atoms with E-state index >= 15 is 0 Å². The van der Waals surface area contributed by atoms with Crippen molar-refractivity contribution in [1.82, 2.24) is 15.3 Å². The Morgan fingerprint density at radius 1 is 1.20 bits per heavy atom. The molecule has 0 aliphatic carbocycles. The van der Waals surface area contributed by atoms with E-state index in [1.165, 1.54) is 0 Å². The van der Waals surface area contributed by atoms with Gasteiger partial charge in [-0.25, -0.2) is 4.98 Å². The average Bonchev–Trinajstić information content (AvgIpc) is 2.80. The van der Waals surface area contributed by atoms with Crippen LogP contribution in [0, 0.1) is 5.92 Å². The summed E-state index contributed by atoms with van der Waals surface area (Å²) in [6, 6.07) is 13.8. The first-order valence-electron chi connectivity index (χ1n) is 10.1. The summed E-state index contributed by atoms with van der Waals surface area (Å²) in [5.74, 6) is 0.483.